The Hall–Kier alpha value is -1.91. The number of aryl methyl sites for hydroxylation is 1. The molecule has 0 atom stereocenters. The molecule has 0 aliphatic carbocycles. The molecule has 0 bridgehead atoms. The summed E-state index contributed by atoms with van der Waals surface area (Å²) in [6.07, 6.45) is -0.500. The van der Waals surface area contributed by atoms with Gasteiger partial charge >= 0.3 is 0 Å². The topological polar surface area (TPSA) is 36.1 Å². The molecule has 20 heavy (non-hydrogen) atoms. The first kappa shape index (κ1) is 13.1. The van der Waals surface area contributed by atoms with E-state index in [0.717, 1.165) is 16.6 Å². The molecule has 1 fully saturated rings. The van der Waals surface area contributed by atoms with Crippen LogP contribution >= 0.6 is 0 Å². The second-order valence-corrected chi connectivity index (χ2v) is 5.32. The summed E-state index contributed by atoms with van der Waals surface area (Å²) in [6, 6.07) is 7.55. The number of amides is 1. The van der Waals surface area contributed by atoms with Crippen molar-refractivity contribution in [2.45, 2.75) is 25.7 Å². The number of aromatic nitrogens is 1. The molecule has 1 N–H and O–H groups in total. The number of benzene rings is 1. The van der Waals surface area contributed by atoms with E-state index in [9.17, 15) is 13.6 Å². The van der Waals surface area contributed by atoms with Gasteiger partial charge in [0.15, 0.2) is 0 Å². The highest BCUT2D eigenvalue weighted by Crippen LogP contribution is 2.30. The van der Waals surface area contributed by atoms with Crippen LogP contribution in [-0.2, 0) is 0 Å². The quantitative estimate of drug-likeness (QED) is 0.853. The lowest BCUT2D eigenvalue weighted by molar-refractivity contribution is -0.0494. The maximum absolute atomic E-state index is 13.2. The Morgan fingerprint density at radius 1 is 1.25 bits per heavy atom. The van der Waals surface area contributed by atoms with E-state index < -0.39 is 5.92 Å². The normalized spacial score (nSPS) is 18.4. The summed E-state index contributed by atoms with van der Waals surface area (Å²) >= 11 is 0. The van der Waals surface area contributed by atoms with Gasteiger partial charge in [0.1, 0.15) is 0 Å². The standard InChI is InChI=1S/C15H16F2N2O/c1-10-13(11-4-2-3-5-12(11)18-10)14(20)19-8-6-15(16,17)7-9-19/h2-5,18H,6-9H2,1H3. The molecular weight excluding hydrogens is 262 g/mol. The number of H-pyrrole nitrogens is 1. The molecule has 1 aromatic carbocycles. The number of carbonyl (C=O) groups excluding carboxylic acids is 1. The van der Waals surface area contributed by atoms with E-state index in [1.54, 1.807) is 0 Å². The van der Waals surface area contributed by atoms with E-state index >= 15 is 0 Å². The van der Waals surface area contributed by atoms with Crippen LogP contribution in [0, 0.1) is 6.92 Å². The third-order valence-electron chi connectivity index (χ3n) is 3.89. The van der Waals surface area contributed by atoms with Gasteiger partial charge in [0.25, 0.3) is 11.8 Å². The largest absolute Gasteiger partial charge is 0.358 e. The minimum Gasteiger partial charge on any atom is -0.358 e. The van der Waals surface area contributed by atoms with Crippen molar-refractivity contribution in [3.8, 4) is 0 Å². The Bertz CT molecular complexity index is 653. The van der Waals surface area contributed by atoms with Crippen molar-refractivity contribution in [3.63, 3.8) is 0 Å². The van der Waals surface area contributed by atoms with Gasteiger partial charge in [-0.15, -0.1) is 0 Å². The van der Waals surface area contributed by atoms with Gasteiger partial charge in [-0.2, -0.15) is 0 Å². The van der Waals surface area contributed by atoms with Gasteiger partial charge < -0.3 is 9.88 Å². The molecule has 106 valence electrons. The van der Waals surface area contributed by atoms with Crippen molar-refractivity contribution >= 4 is 16.8 Å². The molecule has 0 unspecified atom stereocenters. The summed E-state index contributed by atoms with van der Waals surface area (Å²) in [5, 5.41) is 0.854. The predicted octanol–water partition coefficient (Wildman–Crippen LogP) is 3.35. The highest BCUT2D eigenvalue weighted by molar-refractivity contribution is 6.08. The average Bonchev–Trinajstić information content (AvgIpc) is 2.73. The summed E-state index contributed by atoms with van der Waals surface area (Å²) in [7, 11) is 0. The number of piperidine rings is 1. The number of nitrogens with zero attached hydrogens (tertiary/aromatic N) is 1. The number of rotatable bonds is 1. The number of aromatic amines is 1. The van der Waals surface area contributed by atoms with E-state index in [4.69, 9.17) is 0 Å². The van der Waals surface area contributed by atoms with Gasteiger partial charge in [-0.3, -0.25) is 4.79 Å². The molecule has 1 aliphatic heterocycles. The lowest BCUT2D eigenvalue weighted by Crippen LogP contribution is -2.42. The summed E-state index contributed by atoms with van der Waals surface area (Å²) in [5.74, 6) is -2.79. The van der Waals surface area contributed by atoms with Crippen molar-refractivity contribution in [1.29, 1.82) is 0 Å². The monoisotopic (exact) mass is 278 g/mol. The molecule has 1 aliphatic rings. The number of hydrogen-bond acceptors (Lipinski definition) is 1. The first-order valence-electron chi connectivity index (χ1n) is 6.72. The van der Waals surface area contributed by atoms with Crippen LogP contribution < -0.4 is 0 Å². The maximum Gasteiger partial charge on any atom is 0.256 e. The van der Waals surface area contributed by atoms with E-state index in [0.29, 0.717) is 5.56 Å². The molecule has 3 rings (SSSR count). The molecule has 0 spiro atoms. The van der Waals surface area contributed by atoms with Gasteiger partial charge in [0.05, 0.1) is 5.56 Å². The molecular formula is C15H16F2N2O. The molecule has 0 saturated carbocycles. The molecule has 2 heterocycles. The number of fused-ring (bicyclic) bond motifs is 1. The third-order valence-corrected chi connectivity index (χ3v) is 3.89. The minimum atomic E-state index is -2.63. The number of likely N-dealkylation sites (tertiary alicyclic amines) is 1. The second-order valence-electron chi connectivity index (χ2n) is 5.32. The fourth-order valence-corrected chi connectivity index (χ4v) is 2.75. The SMILES string of the molecule is Cc1[nH]c2ccccc2c1C(=O)N1CCC(F)(F)CC1. The van der Waals surface area contributed by atoms with E-state index in [1.165, 1.54) is 4.90 Å². The van der Waals surface area contributed by atoms with Crippen LogP contribution in [0.15, 0.2) is 24.3 Å². The summed E-state index contributed by atoms with van der Waals surface area (Å²) in [4.78, 5) is 17.3. The molecule has 3 nitrogen and oxygen atoms in total. The zero-order chi connectivity index (χ0) is 14.3. The number of para-hydroxylation sites is 1. The van der Waals surface area contributed by atoms with Gasteiger partial charge in [0.2, 0.25) is 0 Å². The zero-order valence-electron chi connectivity index (χ0n) is 11.2. The number of carbonyl (C=O) groups is 1. The highest BCUT2D eigenvalue weighted by Gasteiger charge is 2.36. The average molecular weight is 278 g/mol. The molecule has 2 aromatic rings. The van der Waals surface area contributed by atoms with Crippen molar-refractivity contribution in [2.24, 2.45) is 0 Å². The molecule has 1 amide bonds. The van der Waals surface area contributed by atoms with Gasteiger partial charge in [-0.25, -0.2) is 8.78 Å². The number of hydrogen-bond donors (Lipinski definition) is 1. The Morgan fingerprint density at radius 3 is 2.60 bits per heavy atom. The third kappa shape index (κ3) is 2.17. The van der Waals surface area contributed by atoms with Crippen LogP contribution in [0.5, 0.6) is 0 Å². The Kier molecular flexibility index (Phi) is 3.00. The Balaban J connectivity index is 1.92. The Labute approximate surface area is 115 Å². The lowest BCUT2D eigenvalue weighted by atomic mass is 10.0. The van der Waals surface area contributed by atoms with Crippen molar-refractivity contribution in [3.05, 3.63) is 35.5 Å². The first-order valence-corrected chi connectivity index (χ1v) is 6.72. The minimum absolute atomic E-state index is 0.116. The smallest absolute Gasteiger partial charge is 0.256 e. The summed E-state index contributed by atoms with van der Waals surface area (Å²) in [6.45, 7) is 2.07. The number of halogens is 2. The van der Waals surface area contributed by atoms with Crippen LogP contribution in [-0.4, -0.2) is 34.8 Å². The van der Waals surface area contributed by atoms with Gasteiger partial charge in [-0.05, 0) is 13.0 Å². The lowest BCUT2D eigenvalue weighted by Gasteiger charge is -2.31. The molecule has 5 heteroatoms. The van der Waals surface area contributed by atoms with E-state index in [2.05, 4.69) is 4.98 Å². The second kappa shape index (κ2) is 4.58. The van der Waals surface area contributed by atoms with Crippen molar-refractivity contribution in [2.75, 3.05) is 13.1 Å². The predicted molar refractivity (Wildman–Crippen MR) is 73.1 cm³/mol. The fraction of sp³-hybridized carbons (Fsp3) is 0.400. The maximum atomic E-state index is 13.2. The zero-order valence-corrected chi connectivity index (χ0v) is 11.2. The molecule has 1 aromatic heterocycles. The van der Waals surface area contributed by atoms with Gasteiger partial charge in [0, 0.05) is 42.5 Å². The highest BCUT2D eigenvalue weighted by atomic mass is 19.3. The van der Waals surface area contributed by atoms with Crippen molar-refractivity contribution < 1.29 is 13.6 Å². The van der Waals surface area contributed by atoms with Crippen LogP contribution in [0.25, 0.3) is 10.9 Å². The van der Waals surface area contributed by atoms with Crippen LogP contribution in [0.4, 0.5) is 8.78 Å². The van der Waals surface area contributed by atoms with Crippen LogP contribution in [0.3, 0.4) is 0 Å². The summed E-state index contributed by atoms with van der Waals surface area (Å²) < 4.78 is 26.3. The Morgan fingerprint density at radius 2 is 1.90 bits per heavy atom. The first-order chi connectivity index (χ1) is 9.48. The molecule has 0 radical (unpaired) electrons. The summed E-state index contributed by atoms with van der Waals surface area (Å²) in [5.41, 5.74) is 2.29. The van der Waals surface area contributed by atoms with Crippen LogP contribution in [0.2, 0.25) is 0 Å². The number of nitrogens with one attached hydrogen (secondary N) is 1. The van der Waals surface area contributed by atoms with Crippen molar-refractivity contribution in [1.82, 2.24) is 9.88 Å². The van der Waals surface area contributed by atoms with E-state index in [-0.39, 0.29) is 31.8 Å². The van der Waals surface area contributed by atoms with Crippen LogP contribution in [0.1, 0.15) is 28.9 Å². The molecule has 1 saturated heterocycles. The van der Waals surface area contributed by atoms with Gasteiger partial charge in [-0.1, -0.05) is 18.2 Å². The fourth-order valence-electron chi connectivity index (χ4n) is 2.75. The number of alkyl halides is 2. The van der Waals surface area contributed by atoms with E-state index in [1.807, 2.05) is 31.2 Å².